The van der Waals surface area contributed by atoms with E-state index in [2.05, 4.69) is 53.0 Å². The molecule has 11 nitrogen and oxygen atoms in total. The molecule has 0 aromatic carbocycles. The van der Waals surface area contributed by atoms with Gasteiger partial charge in [-0.05, 0) is 100 Å². The van der Waals surface area contributed by atoms with E-state index in [4.69, 9.17) is 56.4 Å². The predicted octanol–water partition coefficient (Wildman–Crippen LogP) is 6.59. The van der Waals surface area contributed by atoms with Gasteiger partial charge in [0.05, 0.1) is 43.0 Å². The molecule has 6 spiro atoms. The van der Waals surface area contributed by atoms with Crippen LogP contribution in [0, 0.1) is 68.0 Å². The maximum Gasteiger partial charge on any atom is 0.213 e. The number of aliphatic hydroxyl groups is 2. The van der Waals surface area contributed by atoms with Crippen LogP contribution in [0.4, 0.5) is 0 Å². The van der Waals surface area contributed by atoms with Crippen LogP contribution >= 0.6 is 23.2 Å². The highest BCUT2D eigenvalue weighted by atomic mass is 35.5. The molecule has 14 fully saturated rings. The monoisotopic (exact) mass is 872 g/mol. The van der Waals surface area contributed by atoms with Crippen LogP contribution in [0.3, 0.4) is 0 Å². The first-order valence-electron chi connectivity index (χ1n) is 22.3. The standard InChI is InChI=1S/C23H30O6.C23H30O5.CH2Cl2/c1-10-11-6-7-13-21-9-26-23(16(25)14(21)19(2,3)8-12-18(21)27-12)22(13,15(10)24)17(11)28-20(4,5)29-23;1-12-13-7-8-14-21-10-6-9-19(2,3)15(21)17(25)23(26-11-21)22(14,16(12)24)18(13)27-20(4,5)28-23;2-1-3/h11-14,16-18,25H,1,6-9H2,2-5H3;6,10,13-15,17-18,25H,1,7-9,11H2,2-5H3;1H2/t11-,12+,13-,14+,16-,17+,18+,21-,22-,23-;13-,14-,15+,17-,18+,21+,22-,23-;/m00./s1. The van der Waals surface area contributed by atoms with Crippen LogP contribution < -0.4 is 0 Å². The summed E-state index contributed by atoms with van der Waals surface area (Å²) in [6, 6.07) is 0. The number of halogens is 2. The number of rotatable bonds is 0. The van der Waals surface area contributed by atoms with Crippen LogP contribution in [-0.2, 0) is 42.7 Å². The molecule has 0 amide bonds. The van der Waals surface area contributed by atoms with Crippen molar-refractivity contribution in [1.29, 1.82) is 0 Å². The molecule has 7 saturated carbocycles. The van der Waals surface area contributed by atoms with Crippen LogP contribution in [0.5, 0.6) is 0 Å². The van der Waals surface area contributed by atoms with Crippen LogP contribution in [0.2, 0.25) is 0 Å². The number of epoxide rings is 1. The zero-order valence-electron chi connectivity index (χ0n) is 36.2. The van der Waals surface area contributed by atoms with Gasteiger partial charge < -0.3 is 43.4 Å². The molecule has 7 aliphatic heterocycles. The molecule has 0 aromatic rings. The quantitative estimate of drug-likeness (QED) is 0.118. The summed E-state index contributed by atoms with van der Waals surface area (Å²) in [6.45, 7) is 25.7. The number of carbonyl (C=O) groups excluding carboxylic acids is 2. The van der Waals surface area contributed by atoms with Crippen molar-refractivity contribution in [1.82, 2.24) is 0 Å². The molecule has 8 aliphatic carbocycles. The fourth-order valence-corrected chi connectivity index (χ4v) is 17.7. The molecule has 8 bridgehead atoms. The topological polar surface area (TPSA) is 143 Å². The molecule has 7 saturated heterocycles. The van der Waals surface area contributed by atoms with E-state index in [1.165, 1.54) is 0 Å². The Bertz CT molecular complexity index is 2030. The molecule has 0 radical (unpaired) electrons. The molecule has 13 heteroatoms. The van der Waals surface area contributed by atoms with Crippen molar-refractivity contribution in [3.63, 3.8) is 0 Å². The van der Waals surface area contributed by atoms with Gasteiger partial charge >= 0.3 is 0 Å². The summed E-state index contributed by atoms with van der Waals surface area (Å²) in [4.78, 5) is 27.8. The van der Waals surface area contributed by atoms with E-state index in [-0.39, 0.29) is 98.5 Å². The van der Waals surface area contributed by atoms with Gasteiger partial charge in [-0.25, -0.2) is 0 Å². The van der Waals surface area contributed by atoms with E-state index in [1.54, 1.807) is 0 Å². The summed E-state index contributed by atoms with van der Waals surface area (Å²) in [7, 11) is 0. The molecular weight excluding hydrogens is 811 g/mol. The number of fused-ring (bicyclic) bond motifs is 3. The van der Waals surface area contributed by atoms with E-state index in [0.29, 0.717) is 24.4 Å². The van der Waals surface area contributed by atoms with E-state index in [1.807, 2.05) is 27.7 Å². The Hall–Kier alpha value is -1.22. The Morgan fingerprint density at radius 3 is 1.77 bits per heavy atom. The Kier molecular flexibility index (Phi) is 8.27. The third-order valence-corrected chi connectivity index (χ3v) is 18.8. The highest BCUT2D eigenvalue weighted by molar-refractivity contribution is 6.40. The number of aliphatic hydroxyl groups excluding tert-OH is 2. The highest BCUT2D eigenvalue weighted by Crippen LogP contribution is 2.82. The molecule has 2 N–H and O–H groups in total. The smallest absolute Gasteiger partial charge is 0.213 e. The number of hydrogen-bond donors (Lipinski definition) is 2. The molecule has 7 heterocycles. The van der Waals surface area contributed by atoms with Crippen LogP contribution in [0.25, 0.3) is 0 Å². The lowest BCUT2D eigenvalue weighted by atomic mass is 9.36. The van der Waals surface area contributed by atoms with Gasteiger partial charge in [0.15, 0.2) is 23.1 Å². The first-order chi connectivity index (χ1) is 28.0. The van der Waals surface area contributed by atoms with Crippen LogP contribution in [0.15, 0.2) is 36.5 Å². The minimum atomic E-state index is -1.38. The maximum atomic E-state index is 14.0. The lowest BCUT2D eigenvalue weighted by molar-refractivity contribution is -0.529. The Morgan fingerprint density at radius 2 is 1.20 bits per heavy atom. The van der Waals surface area contributed by atoms with Gasteiger partial charge in [0.1, 0.15) is 23.0 Å². The second-order valence-electron chi connectivity index (χ2n) is 23.0. The molecule has 0 aromatic heterocycles. The second-order valence-corrected chi connectivity index (χ2v) is 23.8. The Morgan fingerprint density at radius 1 is 0.700 bits per heavy atom. The molecule has 15 aliphatic rings. The van der Waals surface area contributed by atoms with E-state index in [9.17, 15) is 19.8 Å². The summed E-state index contributed by atoms with van der Waals surface area (Å²) in [5.41, 5.74) is -1.78. The van der Waals surface area contributed by atoms with Gasteiger partial charge in [-0.15, -0.1) is 23.2 Å². The van der Waals surface area contributed by atoms with Crippen molar-refractivity contribution < 1.29 is 53.0 Å². The third-order valence-electron chi connectivity index (χ3n) is 18.8. The van der Waals surface area contributed by atoms with Gasteiger partial charge in [-0.3, -0.25) is 9.59 Å². The van der Waals surface area contributed by atoms with Crippen LogP contribution in [-0.4, -0.2) is 100 Å². The van der Waals surface area contributed by atoms with Crippen molar-refractivity contribution in [2.75, 3.05) is 18.6 Å². The fraction of sp³-hybridized carbons (Fsp3) is 0.830. The summed E-state index contributed by atoms with van der Waals surface area (Å²) in [5.74, 6) is -4.74. The average Bonchev–Trinajstić information content (AvgIpc) is 3.90. The summed E-state index contributed by atoms with van der Waals surface area (Å²) in [5, 5.41) is 24.1. The highest BCUT2D eigenvalue weighted by Gasteiger charge is 2.92. The van der Waals surface area contributed by atoms with Crippen molar-refractivity contribution in [2.24, 2.45) is 68.0 Å². The van der Waals surface area contributed by atoms with Gasteiger partial charge in [0.25, 0.3) is 0 Å². The number of allylic oxidation sites excluding steroid dienone is 1. The van der Waals surface area contributed by atoms with Gasteiger partial charge in [0, 0.05) is 34.5 Å². The Balaban J connectivity index is 0.000000128. The second kappa shape index (κ2) is 12.0. The van der Waals surface area contributed by atoms with Gasteiger partial charge in [0.2, 0.25) is 11.6 Å². The van der Waals surface area contributed by atoms with Gasteiger partial charge in [-0.2, -0.15) is 0 Å². The average molecular weight is 874 g/mol. The van der Waals surface area contributed by atoms with E-state index >= 15 is 0 Å². The van der Waals surface area contributed by atoms with Gasteiger partial charge in [-0.1, -0.05) is 53.0 Å². The third kappa shape index (κ3) is 4.25. The molecule has 60 heavy (non-hydrogen) atoms. The van der Waals surface area contributed by atoms with Crippen molar-refractivity contribution in [3.05, 3.63) is 36.5 Å². The number of Topliss-reactive ketones (excluding diaryl/α,β-unsaturated/α-hetero) is 2. The summed E-state index contributed by atoms with van der Waals surface area (Å²) < 4.78 is 45.2. The zero-order chi connectivity index (χ0) is 43.0. The number of ketones is 2. The van der Waals surface area contributed by atoms with Crippen molar-refractivity contribution >= 4 is 34.8 Å². The largest absolute Gasteiger partial charge is 0.387 e. The molecular formula is C47H62Cl2O11. The molecule has 0 unspecified atom stereocenters. The van der Waals surface area contributed by atoms with Crippen molar-refractivity contribution in [2.45, 2.75) is 154 Å². The summed E-state index contributed by atoms with van der Waals surface area (Å²) in [6.07, 6.45) is 7.61. The number of ether oxygens (including phenoxy) is 7. The number of hydrogen-bond acceptors (Lipinski definition) is 11. The molecule has 18 atom stereocenters. The number of carbonyl (C=O) groups is 2. The number of alkyl halides is 2. The zero-order valence-corrected chi connectivity index (χ0v) is 37.7. The minimum absolute atomic E-state index is 0.00569. The molecule has 15 rings (SSSR count). The normalized spacial score (nSPS) is 57.1. The van der Waals surface area contributed by atoms with E-state index < -0.39 is 46.2 Å². The fourth-order valence-electron chi connectivity index (χ4n) is 17.7. The first-order valence-corrected chi connectivity index (χ1v) is 23.4. The maximum absolute atomic E-state index is 14.0. The molecule has 330 valence electrons. The predicted molar refractivity (Wildman–Crippen MR) is 218 cm³/mol. The lowest BCUT2D eigenvalue weighted by Crippen LogP contribution is -2.88. The van der Waals surface area contributed by atoms with Crippen molar-refractivity contribution in [3.8, 4) is 0 Å². The first kappa shape index (κ1) is 41.5. The Labute approximate surface area is 363 Å². The minimum Gasteiger partial charge on any atom is -0.387 e. The summed E-state index contributed by atoms with van der Waals surface area (Å²) >= 11 is 9.53. The van der Waals surface area contributed by atoms with Crippen LogP contribution in [0.1, 0.15) is 93.9 Å². The SMILES string of the molecule is C=C1C(=O)[C@@]23[C@@H]4OC(C)(C)O[C@]25OC[C@]2(C=CCC(C)(C)[C@H]2[C@@H]5O)[C@@H]3CC[C@@H]14.C=C1C(=O)[C@@]23[C@@H]4OC(C)(C)O[C@]25OC[C@]2([C@@H]6O[C@@H]6CC(C)(C)[C@H]2[C@@H]5O)[C@@H]3CC[C@@H]14.ClCCl. The lowest BCUT2D eigenvalue weighted by Gasteiger charge is -2.76. The van der Waals surface area contributed by atoms with E-state index in [0.717, 1.165) is 38.5 Å².